The molecule has 0 aliphatic heterocycles. The third-order valence-electron chi connectivity index (χ3n) is 3.02. The summed E-state index contributed by atoms with van der Waals surface area (Å²) in [6.45, 7) is 15.7. The Bertz CT molecular complexity index is 194. The highest BCUT2D eigenvalue weighted by molar-refractivity contribution is 6.66. The molecule has 0 radical (unpaired) electrons. The van der Waals surface area contributed by atoms with E-state index in [1.54, 1.807) is 0 Å². The van der Waals surface area contributed by atoms with Gasteiger partial charge in [0.15, 0.2) is 0 Å². The van der Waals surface area contributed by atoms with Crippen molar-refractivity contribution in [3.8, 4) is 0 Å². The van der Waals surface area contributed by atoms with Crippen LogP contribution in [0.3, 0.4) is 0 Å². The lowest BCUT2D eigenvalue weighted by Gasteiger charge is -2.26. The molecule has 1 atom stereocenters. The lowest BCUT2D eigenvalue weighted by atomic mass is 10.1. The summed E-state index contributed by atoms with van der Waals surface area (Å²) in [5.74, 6) is 0.763. The van der Waals surface area contributed by atoms with Crippen LogP contribution in [0.25, 0.3) is 0 Å². The summed E-state index contributed by atoms with van der Waals surface area (Å²) in [6, 6.07) is 1.69. The molecular formula is C14H33NO2Si. The third-order valence-corrected chi connectivity index (χ3v) is 6.09. The normalized spacial score (nSPS) is 14.2. The van der Waals surface area contributed by atoms with Gasteiger partial charge in [0, 0.05) is 19.3 Å². The largest absolute Gasteiger partial charge is 0.395 e. The lowest BCUT2D eigenvalue weighted by molar-refractivity contribution is 0.188. The summed E-state index contributed by atoms with van der Waals surface area (Å²) in [6.07, 6.45) is 2.39. The Kier molecular flexibility index (Phi) is 10.0. The minimum Gasteiger partial charge on any atom is -0.395 e. The fourth-order valence-corrected chi connectivity index (χ4v) is 4.76. The van der Waals surface area contributed by atoms with E-state index >= 15 is 0 Å². The maximum absolute atomic E-state index is 5.83. The van der Waals surface area contributed by atoms with Gasteiger partial charge >= 0.3 is 8.56 Å². The van der Waals surface area contributed by atoms with E-state index in [0.29, 0.717) is 6.04 Å². The second kappa shape index (κ2) is 9.95. The van der Waals surface area contributed by atoms with E-state index in [2.05, 4.69) is 32.6 Å². The van der Waals surface area contributed by atoms with Crippen molar-refractivity contribution in [2.24, 2.45) is 5.92 Å². The molecule has 0 saturated carbocycles. The van der Waals surface area contributed by atoms with Crippen LogP contribution < -0.4 is 5.32 Å². The second-order valence-electron chi connectivity index (χ2n) is 5.59. The average Bonchev–Trinajstić information content (AvgIpc) is 2.24. The van der Waals surface area contributed by atoms with Crippen LogP contribution in [0.5, 0.6) is 0 Å². The Morgan fingerprint density at radius 3 is 2.06 bits per heavy atom. The predicted octanol–water partition coefficient (Wildman–Crippen LogP) is 3.55. The van der Waals surface area contributed by atoms with Crippen molar-refractivity contribution in [1.82, 2.24) is 5.32 Å². The van der Waals surface area contributed by atoms with E-state index in [4.69, 9.17) is 8.85 Å². The number of hydrogen-bond acceptors (Lipinski definition) is 3. The maximum atomic E-state index is 5.83. The fraction of sp³-hybridized carbons (Fsp3) is 1.00. The number of nitrogens with one attached hydrogen (secondary N) is 1. The fourth-order valence-electron chi connectivity index (χ4n) is 2.35. The first-order valence-corrected chi connectivity index (χ1v) is 9.97. The van der Waals surface area contributed by atoms with Crippen LogP contribution in [0.15, 0.2) is 0 Å². The van der Waals surface area contributed by atoms with Gasteiger partial charge < -0.3 is 14.2 Å². The molecule has 0 heterocycles. The molecule has 0 bridgehead atoms. The smallest absolute Gasteiger partial charge is 0.334 e. The summed E-state index contributed by atoms with van der Waals surface area (Å²) in [4.78, 5) is 0. The Labute approximate surface area is 115 Å². The van der Waals surface area contributed by atoms with Crippen molar-refractivity contribution in [3.63, 3.8) is 0 Å². The van der Waals surface area contributed by atoms with Gasteiger partial charge in [0.2, 0.25) is 0 Å². The van der Waals surface area contributed by atoms with Gasteiger partial charge in [-0.25, -0.2) is 0 Å². The predicted molar refractivity (Wildman–Crippen MR) is 81.2 cm³/mol. The molecule has 3 nitrogen and oxygen atoms in total. The Balaban J connectivity index is 3.79. The van der Waals surface area contributed by atoms with Crippen molar-refractivity contribution < 1.29 is 8.85 Å². The van der Waals surface area contributed by atoms with Crippen LogP contribution >= 0.6 is 0 Å². The summed E-state index contributed by atoms with van der Waals surface area (Å²) >= 11 is 0. The molecule has 18 heavy (non-hydrogen) atoms. The molecule has 0 fully saturated rings. The summed E-state index contributed by atoms with van der Waals surface area (Å²) in [5.41, 5.74) is 0. The summed E-state index contributed by atoms with van der Waals surface area (Å²) in [7, 11) is -1.89. The van der Waals surface area contributed by atoms with Crippen LogP contribution in [-0.2, 0) is 8.85 Å². The van der Waals surface area contributed by atoms with Crippen LogP contribution in [-0.4, -0.2) is 34.4 Å². The molecule has 110 valence electrons. The van der Waals surface area contributed by atoms with E-state index in [1.165, 1.54) is 6.42 Å². The summed E-state index contributed by atoms with van der Waals surface area (Å²) in [5, 5.41) is 3.58. The molecule has 0 aliphatic carbocycles. The van der Waals surface area contributed by atoms with Crippen LogP contribution in [0.4, 0.5) is 0 Å². The molecule has 0 aliphatic rings. The van der Waals surface area contributed by atoms with Crippen molar-refractivity contribution >= 4 is 8.56 Å². The second-order valence-corrected chi connectivity index (χ2v) is 8.93. The van der Waals surface area contributed by atoms with E-state index in [1.807, 2.05) is 13.8 Å². The van der Waals surface area contributed by atoms with Gasteiger partial charge in [-0.1, -0.05) is 13.8 Å². The van der Waals surface area contributed by atoms with Gasteiger partial charge in [-0.05, 0) is 58.7 Å². The average molecular weight is 276 g/mol. The zero-order chi connectivity index (χ0) is 14.0. The maximum Gasteiger partial charge on any atom is 0.334 e. The van der Waals surface area contributed by atoms with E-state index in [9.17, 15) is 0 Å². The molecule has 0 spiro atoms. The standard InChI is InChI=1S/C14H33NO2Si/c1-7-16-18(6,17-8-2)11-9-10-15-14(5)12-13(3)4/h13-15H,7-12H2,1-6H3. The highest BCUT2D eigenvalue weighted by atomic mass is 28.4. The molecule has 4 heteroatoms. The molecule has 0 aromatic carbocycles. The quantitative estimate of drug-likeness (QED) is 0.462. The Morgan fingerprint density at radius 2 is 1.61 bits per heavy atom. The van der Waals surface area contributed by atoms with Gasteiger partial charge in [-0.15, -0.1) is 0 Å². The zero-order valence-corrected chi connectivity index (χ0v) is 14.2. The SMILES string of the molecule is CCO[Si](C)(CCCNC(C)CC(C)C)OCC. The molecule has 0 saturated heterocycles. The van der Waals surface area contributed by atoms with Crippen molar-refractivity contribution in [1.29, 1.82) is 0 Å². The van der Waals surface area contributed by atoms with Crippen molar-refractivity contribution in [3.05, 3.63) is 0 Å². The zero-order valence-electron chi connectivity index (χ0n) is 13.2. The molecule has 1 N–H and O–H groups in total. The van der Waals surface area contributed by atoms with Crippen molar-refractivity contribution in [2.45, 2.75) is 66.1 Å². The van der Waals surface area contributed by atoms with Gasteiger partial charge in [-0.3, -0.25) is 0 Å². The van der Waals surface area contributed by atoms with Gasteiger partial charge in [0.05, 0.1) is 0 Å². The van der Waals surface area contributed by atoms with Crippen LogP contribution in [0.2, 0.25) is 12.6 Å². The minimum absolute atomic E-state index is 0.608. The lowest BCUT2D eigenvalue weighted by Crippen LogP contribution is -2.39. The first-order valence-electron chi connectivity index (χ1n) is 7.44. The first kappa shape index (κ1) is 18.1. The molecule has 0 aromatic rings. The molecule has 0 amide bonds. The minimum atomic E-state index is -1.89. The molecule has 0 aromatic heterocycles. The van der Waals surface area contributed by atoms with Gasteiger partial charge in [0.25, 0.3) is 0 Å². The van der Waals surface area contributed by atoms with Gasteiger partial charge in [0.1, 0.15) is 0 Å². The number of hydrogen-bond donors (Lipinski definition) is 1. The van der Waals surface area contributed by atoms with E-state index in [0.717, 1.165) is 38.1 Å². The topological polar surface area (TPSA) is 30.5 Å². The van der Waals surface area contributed by atoms with Crippen LogP contribution in [0.1, 0.15) is 47.5 Å². The van der Waals surface area contributed by atoms with E-state index in [-0.39, 0.29) is 0 Å². The number of rotatable bonds is 11. The highest BCUT2D eigenvalue weighted by Gasteiger charge is 2.29. The van der Waals surface area contributed by atoms with Crippen LogP contribution in [0, 0.1) is 5.92 Å². The third kappa shape index (κ3) is 9.08. The Morgan fingerprint density at radius 1 is 1.06 bits per heavy atom. The molecule has 1 unspecified atom stereocenters. The molecule has 0 rings (SSSR count). The Hall–Kier alpha value is 0.0969. The monoisotopic (exact) mass is 275 g/mol. The first-order chi connectivity index (χ1) is 8.43. The highest BCUT2D eigenvalue weighted by Crippen LogP contribution is 2.15. The van der Waals surface area contributed by atoms with Gasteiger partial charge in [-0.2, -0.15) is 0 Å². The summed E-state index contributed by atoms with van der Waals surface area (Å²) < 4.78 is 11.7. The van der Waals surface area contributed by atoms with Crippen molar-refractivity contribution in [2.75, 3.05) is 19.8 Å². The molecular weight excluding hydrogens is 242 g/mol. The van der Waals surface area contributed by atoms with E-state index < -0.39 is 8.56 Å².